The summed E-state index contributed by atoms with van der Waals surface area (Å²) in [6, 6.07) is 18.8. The van der Waals surface area contributed by atoms with E-state index in [-0.39, 0.29) is 10.5 Å². The molecule has 0 fully saturated rings. The van der Waals surface area contributed by atoms with Crippen LogP contribution in [0.15, 0.2) is 81.4 Å². The quantitative estimate of drug-likeness (QED) is 0.423. The van der Waals surface area contributed by atoms with E-state index in [1.807, 2.05) is 30.3 Å². The molecular weight excluding hydrogens is 410 g/mol. The molecule has 29 heavy (non-hydrogen) atoms. The minimum Gasteiger partial charge on any atom is -0.478 e. The lowest BCUT2D eigenvalue weighted by atomic mass is 10.2. The topological polar surface area (TPSA) is 136 Å². The number of nitrogen functional groups attached to an aromatic ring is 1. The molecule has 0 saturated heterocycles. The minimum absolute atomic E-state index is 0.175. The predicted molar refractivity (Wildman–Crippen MR) is 114 cm³/mol. The van der Waals surface area contributed by atoms with Crippen LogP contribution in [0.4, 0.5) is 11.4 Å². The normalized spacial score (nSPS) is 11.2. The molecule has 3 aromatic carbocycles. The molecule has 7 nitrogen and oxygen atoms in total. The van der Waals surface area contributed by atoms with Crippen LogP contribution in [0.2, 0.25) is 0 Å². The lowest BCUT2D eigenvalue weighted by molar-refractivity contribution is 0.0696. The standard InChI is InChI=1S/C20H19N3O4S2/c21-15-6-8-16(9-7-15)28-19-17(23-12-13-4-2-1-3-5-13)10-14(20(24)25)11-18(19)29(22,26)27/h1-11,23H,12,21H2,(H,24,25)(H2,22,26,27). The number of primary sulfonamides is 1. The number of carboxylic acids is 1. The molecule has 0 aromatic heterocycles. The van der Waals surface area contributed by atoms with Crippen LogP contribution in [-0.4, -0.2) is 19.5 Å². The lowest BCUT2D eigenvalue weighted by Crippen LogP contribution is -2.16. The average Bonchev–Trinajstić information content (AvgIpc) is 2.68. The van der Waals surface area contributed by atoms with Crippen molar-refractivity contribution in [3.63, 3.8) is 0 Å². The molecule has 0 aliphatic carbocycles. The van der Waals surface area contributed by atoms with E-state index in [0.717, 1.165) is 28.3 Å². The number of anilines is 2. The van der Waals surface area contributed by atoms with Gasteiger partial charge in [0.1, 0.15) is 0 Å². The maximum atomic E-state index is 12.2. The van der Waals surface area contributed by atoms with Gasteiger partial charge in [-0.25, -0.2) is 18.4 Å². The highest BCUT2D eigenvalue weighted by molar-refractivity contribution is 8.00. The van der Waals surface area contributed by atoms with Crippen LogP contribution in [0.3, 0.4) is 0 Å². The molecule has 6 N–H and O–H groups in total. The summed E-state index contributed by atoms with van der Waals surface area (Å²) in [6.07, 6.45) is 0. The molecule has 0 amide bonds. The highest BCUT2D eigenvalue weighted by atomic mass is 32.2. The van der Waals surface area contributed by atoms with Gasteiger partial charge in [0.25, 0.3) is 0 Å². The molecule has 0 unspecified atom stereocenters. The number of aromatic carboxylic acids is 1. The highest BCUT2D eigenvalue weighted by Crippen LogP contribution is 2.39. The van der Waals surface area contributed by atoms with E-state index in [9.17, 15) is 18.3 Å². The molecule has 3 aromatic rings. The van der Waals surface area contributed by atoms with Crippen LogP contribution in [-0.2, 0) is 16.6 Å². The summed E-state index contributed by atoms with van der Waals surface area (Å²) in [7, 11) is -4.17. The maximum Gasteiger partial charge on any atom is 0.335 e. The fourth-order valence-electron chi connectivity index (χ4n) is 2.62. The van der Waals surface area contributed by atoms with Gasteiger partial charge in [0, 0.05) is 17.1 Å². The van der Waals surface area contributed by atoms with Crippen LogP contribution in [0.1, 0.15) is 15.9 Å². The first kappa shape index (κ1) is 20.7. The van der Waals surface area contributed by atoms with Crippen molar-refractivity contribution >= 4 is 39.1 Å². The largest absolute Gasteiger partial charge is 0.478 e. The Morgan fingerprint density at radius 2 is 1.69 bits per heavy atom. The Balaban J connectivity index is 2.09. The van der Waals surface area contributed by atoms with Crippen molar-refractivity contribution in [1.82, 2.24) is 0 Å². The molecule has 0 aliphatic rings. The van der Waals surface area contributed by atoms with Crippen molar-refractivity contribution in [1.29, 1.82) is 0 Å². The summed E-state index contributed by atoms with van der Waals surface area (Å²) >= 11 is 1.16. The summed E-state index contributed by atoms with van der Waals surface area (Å²) in [5.41, 5.74) is 7.42. The fraction of sp³-hybridized carbons (Fsp3) is 0.0500. The number of nitrogens with two attached hydrogens (primary N) is 2. The monoisotopic (exact) mass is 429 g/mol. The van der Waals surface area contributed by atoms with Crippen LogP contribution in [0, 0.1) is 0 Å². The number of rotatable bonds is 7. The summed E-state index contributed by atoms with van der Waals surface area (Å²) in [5.74, 6) is -1.25. The predicted octanol–water partition coefficient (Wildman–Crippen LogP) is 3.38. The van der Waals surface area contributed by atoms with E-state index >= 15 is 0 Å². The molecule has 0 atom stereocenters. The van der Waals surface area contributed by atoms with Gasteiger partial charge < -0.3 is 16.2 Å². The Hall–Kier alpha value is -3.01. The van der Waals surface area contributed by atoms with E-state index in [1.165, 1.54) is 6.07 Å². The third-order valence-corrected chi connectivity index (χ3v) is 6.25. The van der Waals surface area contributed by atoms with Gasteiger partial charge in [-0.15, -0.1) is 0 Å². The van der Waals surface area contributed by atoms with Gasteiger partial charge in [-0.05, 0) is 42.0 Å². The minimum atomic E-state index is -4.17. The summed E-state index contributed by atoms with van der Waals surface area (Å²) < 4.78 is 24.4. The number of carbonyl (C=O) groups is 1. The van der Waals surface area contributed by atoms with E-state index in [0.29, 0.717) is 22.8 Å². The number of nitrogens with one attached hydrogen (secondary N) is 1. The smallest absolute Gasteiger partial charge is 0.335 e. The maximum absolute atomic E-state index is 12.2. The Bertz CT molecular complexity index is 1130. The van der Waals surface area contributed by atoms with Crippen LogP contribution >= 0.6 is 11.8 Å². The number of carboxylic acid groups (broad SMARTS) is 1. The zero-order valence-corrected chi connectivity index (χ0v) is 16.8. The van der Waals surface area contributed by atoms with E-state index < -0.39 is 16.0 Å². The number of hydrogen-bond acceptors (Lipinski definition) is 6. The van der Waals surface area contributed by atoms with E-state index in [2.05, 4.69) is 5.32 Å². The molecule has 0 bridgehead atoms. The van der Waals surface area contributed by atoms with Crippen LogP contribution in [0.25, 0.3) is 0 Å². The number of sulfonamides is 1. The van der Waals surface area contributed by atoms with Gasteiger partial charge in [0.15, 0.2) is 0 Å². The Morgan fingerprint density at radius 3 is 2.28 bits per heavy atom. The van der Waals surface area contributed by atoms with Crippen LogP contribution in [0.5, 0.6) is 0 Å². The van der Waals surface area contributed by atoms with Gasteiger partial charge in [0.2, 0.25) is 10.0 Å². The molecule has 0 radical (unpaired) electrons. The molecule has 3 rings (SSSR count). The van der Waals surface area contributed by atoms with Gasteiger partial charge >= 0.3 is 5.97 Å². The molecular formula is C20H19N3O4S2. The second kappa shape index (κ2) is 8.56. The number of benzene rings is 3. The van der Waals surface area contributed by atoms with Crippen molar-refractivity contribution in [3.05, 3.63) is 77.9 Å². The molecule has 0 aliphatic heterocycles. The van der Waals surface area contributed by atoms with Crippen molar-refractivity contribution in [2.24, 2.45) is 5.14 Å². The van der Waals surface area contributed by atoms with Crippen molar-refractivity contribution in [3.8, 4) is 0 Å². The first-order valence-electron chi connectivity index (χ1n) is 8.49. The Kier molecular flexibility index (Phi) is 6.12. The van der Waals surface area contributed by atoms with Gasteiger partial charge in [-0.1, -0.05) is 42.1 Å². The summed E-state index contributed by atoms with van der Waals surface area (Å²) in [6.45, 7) is 0.378. The van der Waals surface area contributed by atoms with E-state index in [1.54, 1.807) is 24.3 Å². The lowest BCUT2D eigenvalue weighted by Gasteiger charge is -2.16. The second-order valence-corrected chi connectivity index (χ2v) is 8.83. The Labute approximate surface area is 172 Å². The molecule has 150 valence electrons. The van der Waals surface area contributed by atoms with Crippen molar-refractivity contribution < 1.29 is 18.3 Å². The highest BCUT2D eigenvalue weighted by Gasteiger charge is 2.22. The van der Waals surface area contributed by atoms with Gasteiger partial charge in [0.05, 0.1) is 21.0 Å². The van der Waals surface area contributed by atoms with Gasteiger partial charge in [-0.2, -0.15) is 0 Å². The SMILES string of the molecule is Nc1ccc(Sc2c(NCc3ccccc3)cc(C(=O)O)cc2S(N)(=O)=O)cc1. The van der Waals surface area contributed by atoms with Crippen molar-refractivity contribution in [2.45, 2.75) is 21.2 Å². The summed E-state index contributed by atoms with van der Waals surface area (Å²) in [4.78, 5) is 12.3. The first-order chi connectivity index (χ1) is 13.7. The molecule has 0 heterocycles. The second-order valence-electron chi connectivity index (χ2n) is 6.21. The van der Waals surface area contributed by atoms with Gasteiger partial charge in [-0.3, -0.25) is 0 Å². The molecule has 9 heteroatoms. The van der Waals surface area contributed by atoms with E-state index in [4.69, 9.17) is 10.9 Å². The fourth-order valence-corrected chi connectivity index (χ4v) is 4.66. The zero-order valence-electron chi connectivity index (χ0n) is 15.2. The molecule has 0 spiro atoms. The number of hydrogen-bond donors (Lipinski definition) is 4. The zero-order chi connectivity index (χ0) is 21.0. The van der Waals surface area contributed by atoms with Crippen molar-refractivity contribution in [2.75, 3.05) is 11.1 Å². The Morgan fingerprint density at radius 1 is 1.03 bits per heavy atom. The third-order valence-electron chi connectivity index (χ3n) is 4.03. The summed E-state index contributed by atoms with van der Waals surface area (Å²) in [5, 5.41) is 18.0. The van der Waals surface area contributed by atoms with Crippen LogP contribution < -0.4 is 16.2 Å². The average molecular weight is 430 g/mol. The first-order valence-corrected chi connectivity index (χ1v) is 10.9. The molecule has 0 saturated carbocycles. The third kappa shape index (κ3) is 5.29.